The number of nitrogens with zero attached hydrogens (tertiary/aromatic N) is 3. The first-order valence-corrected chi connectivity index (χ1v) is 8.99. The summed E-state index contributed by atoms with van der Waals surface area (Å²) in [6.45, 7) is 2.98. The monoisotopic (exact) mass is 320 g/mol. The zero-order valence-electron chi connectivity index (χ0n) is 14.2. The fourth-order valence-corrected chi connectivity index (χ4v) is 3.71. The van der Waals surface area contributed by atoms with E-state index < -0.39 is 0 Å². The molecule has 0 bridgehead atoms. The lowest BCUT2D eigenvalue weighted by atomic mass is 10.1. The van der Waals surface area contributed by atoms with Crippen molar-refractivity contribution in [2.24, 2.45) is 0 Å². The molecule has 1 aromatic carbocycles. The molecule has 24 heavy (non-hydrogen) atoms. The highest BCUT2D eigenvalue weighted by Crippen LogP contribution is 2.33. The van der Waals surface area contributed by atoms with Crippen molar-refractivity contribution in [3.8, 4) is 0 Å². The fourth-order valence-electron chi connectivity index (χ4n) is 3.71. The number of aromatic nitrogens is 3. The molecule has 0 atom stereocenters. The summed E-state index contributed by atoms with van der Waals surface area (Å²) in [7, 11) is 0. The Bertz CT molecular complexity index is 816. The van der Waals surface area contributed by atoms with Gasteiger partial charge < -0.3 is 5.32 Å². The minimum atomic E-state index is 0.571. The molecule has 1 aliphatic rings. The Morgan fingerprint density at radius 3 is 2.83 bits per heavy atom. The first-order chi connectivity index (χ1) is 11.8. The van der Waals surface area contributed by atoms with E-state index in [2.05, 4.69) is 46.2 Å². The number of anilines is 1. The number of nitrogens with one attached hydrogen (secondary N) is 1. The van der Waals surface area contributed by atoms with Crippen LogP contribution in [0.15, 0.2) is 42.7 Å². The second-order valence-corrected chi connectivity index (χ2v) is 6.63. The van der Waals surface area contributed by atoms with Crippen molar-refractivity contribution >= 4 is 16.6 Å². The number of hydrogen-bond donors (Lipinski definition) is 1. The summed E-state index contributed by atoms with van der Waals surface area (Å²) in [5, 5.41) is 9.75. The lowest BCUT2D eigenvalue weighted by Gasteiger charge is -2.12. The number of fused-ring (bicyclic) bond motifs is 1. The number of hydrogen-bond acceptors (Lipinski definition) is 3. The van der Waals surface area contributed by atoms with E-state index in [0.29, 0.717) is 6.04 Å². The van der Waals surface area contributed by atoms with Crippen LogP contribution in [0.25, 0.3) is 10.9 Å². The van der Waals surface area contributed by atoms with Gasteiger partial charge in [-0.3, -0.25) is 9.67 Å². The molecule has 1 fully saturated rings. The third-order valence-corrected chi connectivity index (χ3v) is 5.01. The molecule has 124 valence electrons. The largest absolute Gasteiger partial charge is 0.381 e. The number of benzene rings is 1. The maximum atomic E-state index is 4.93. The summed E-state index contributed by atoms with van der Waals surface area (Å²) in [5.41, 5.74) is 4.83. The Morgan fingerprint density at radius 2 is 2.08 bits per heavy atom. The van der Waals surface area contributed by atoms with E-state index in [-0.39, 0.29) is 0 Å². The Morgan fingerprint density at radius 1 is 1.21 bits per heavy atom. The Balaban J connectivity index is 1.64. The highest BCUT2D eigenvalue weighted by molar-refractivity contribution is 5.85. The Hall–Kier alpha value is -2.36. The van der Waals surface area contributed by atoms with Crippen molar-refractivity contribution in [3.05, 3.63) is 54.0 Å². The summed E-state index contributed by atoms with van der Waals surface area (Å²) in [6.07, 6.45) is 9.86. The third kappa shape index (κ3) is 2.88. The van der Waals surface area contributed by atoms with Crippen molar-refractivity contribution in [2.75, 3.05) is 5.32 Å². The summed E-state index contributed by atoms with van der Waals surface area (Å²) in [4.78, 5) is 4.17. The second-order valence-electron chi connectivity index (χ2n) is 6.63. The molecular formula is C20H24N4. The molecule has 0 amide bonds. The molecule has 0 radical (unpaired) electrons. The zero-order chi connectivity index (χ0) is 16.4. The van der Waals surface area contributed by atoms with Gasteiger partial charge in [-0.1, -0.05) is 25.8 Å². The van der Waals surface area contributed by atoms with Crippen molar-refractivity contribution in [1.29, 1.82) is 0 Å². The van der Waals surface area contributed by atoms with Gasteiger partial charge in [0, 0.05) is 30.0 Å². The summed E-state index contributed by atoms with van der Waals surface area (Å²) in [6, 6.07) is 11.3. The van der Waals surface area contributed by atoms with Crippen molar-refractivity contribution in [2.45, 2.75) is 51.6 Å². The number of aryl methyl sites for hydroxylation is 1. The molecule has 3 aromatic rings. The van der Waals surface area contributed by atoms with Gasteiger partial charge in [0.05, 0.1) is 17.3 Å². The van der Waals surface area contributed by atoms with Crippen LogP contribution in [0, 0.1) is 0 Å². The van der Waals surface area contributed by atoms with Gasteiger partial charge in [0.25, 0.3) is 0 Å². The van der Waals surface area contributed by atoms with Crippen LogP contribution >= 0.6 is 0 Å². The molecule has 1 aliphatic carbocycles. The molecule has 2 aromatic heterocycles. The molecule has 0 spiro atoms. The van der Waals surface area contributed by atoms with E-state index in [1.54, 1.807) is 0 Å². The summed E-state index contributed by atoms with van der Waals surface area (Å²) >= 11 is 0. The lowest BCUT2D eigenvalue weighted by molar-refractivity contribution is 0.478. The first-order valence-electron chi connectivity index (χ1n) is 8.99. The molecule has 1 saturated carbocycles. The standard InChI is InChI=1S/C20H24N4/c1-2-19-18-10-9-16(22-14-15-6-5-11-21-13-15)12-20(18)24(23-19)17-7-3-4-8-17/h5-6,9-13,17,22H,2-4,7-8,14H2,1H3. The van der Waals surface area contributed by atoms with Crippen molar-refractivity contribution in [3.63, 3.8) is 0 Å². The van der Waals surface area contributed by atoms with Gasteiger partial charge >= 0.3 is 0 Å². The van der Waals surface area contributed by atoms with Gasteiger partial charge in [-0.2, -0.15) is 5.10 Å². The Labute approximate surface area is 142 Å². The van der Waals surface area contributed by atoms with Crippen LogP contribution in [0.1, 0.15) is 49.9 Å². The van der Waals surface area contributed by atoms with E-state index >= 15 is 0 Å². The minimum Gasteiger partial charge on any atom is -0.381 e. The summed E-state index contributed by atoms with van der Waals surface area (Å²) in [5.74, 6) is 0. The van der Waals surface area contributed by atoms with Gasteiger partial charge in [-0.25, -0.2) is 0 Å². The second kappa shape index (κ2) is 6.63. The average molecular weight is 320 g/mol. The molecular weight excluding hydrogens is 296 g/mol. The maximum absolute atomic E-state index is 4.93. The van der Waals surface area contributed by atoms with Crippen molar-refractivity contribution < 1.29 is 0 Å². The third-order valence-electron chi connectivity index (χ3n) is 5.01. The van der Waals surface area contributed by atoms with Gasteiger partial charge in [-0.05, 0) is 49.1 Å². The highest BCUT2D eigenvalue weighted by Gasteiger charge is 2.21. The SMILES string of the molecule is CCc1nn(C2CCCC2)c2cc(NCc3cccnc3)ccc12. The van der Waals surface area contributed by atoms with Gasteiger partial charge in [0.1, 0.15) is 0 Å². The van der Waals surface area contributed by atoms with E-state index in [1.807, 2.05) is 18.5 Å². The van der Waals surface area contributed by atoms with Crippen LogP contribution in [-0.4, -0.2) is 14.8 Å². The molecule has 2 heterocycles. The molecule has 0 unspecified atom stereocenters. The van der Waals surface area contributed by atoms with Crippen molar-refractivity contribution in [1.82, 2.24) is 14.8 Å². The van der Waals surface area contributed by atoms with Crippen LogP contribution in [0.2, 0.25) is 0 Å². The van der Waals surface area contributed by atoms with Crippen LogP contribution in [-0.2, 0) is 13.0 Å². The number of pyridine rings is 1. The van der Waals surface area contributed by atoms with Crippen LogP contribution in [0.5, 0.6) is 0 Å². The quantitative estimate of drug-likeness (QED) is 0.739. The highest BCUT2D eigenvalue weighted by atomic mass is 15.3. The van der Waals surface area contributed by atoms with Crippen LogP contribution < -0.4 is 5.32 Å². The topological polar surface area (TPSA) is 42.7 Å². The average Bonchev–Trinajstić information content (AvgIpc) is 3.28. The van der Waals surface area contributed by atoms with E-state index in [9.17, 15) is 0 Å². The molecule has 1 N–H and O–H groups in total. The smallest absolute Gasteiger partial charge is 0.0709 e. The lowest BCUT2D eigenvalue weighted by Crippen LogP contribution is -2.07. The van der Waals surface area contributed by atoms with E-state index in [4.69, 9.17) is 5.10 Å². The predicted molar refractivity (Wildman–Crippen MR) is 98.2 cm³/mol. The minimum absolute atomic E-state index is 0.571. The summed E-state index contributed by atoms with van der Waals surface area (Å²) < 4.78 is 2.29. The first kappa shape index (κ1) is 15.2. The van der Waals surface area contributed by atoms with Gasteiger partial charge in [0.2, 0.25) is 0 Å². The molecule has 0 aliphatic heterocycles. The van der Waals surface area contributed by atoms with Gasteiger partial charge in [-0.15, -0.1) is 0 Å². The Kier molecular flexibility index (Phi) is 4.20. The molecule has 0 saturated heterocycles. The predicted octanol–water partition coefficient (Wildman–Crippen LogP) is 4.72. The molecule has 4 nitrogen and oxygen atoms in total. The van der Waals surface area contributed by atoms with Crippen LogP contribution in [0.3, 0.4) is 0 Å². The maximum Gasteiger partial charge on any atom is 0.0709 e. The normalized spacial score (nSPS) is 15.2. The van der Waals surface area contributed by atoms with Gasteiger partial charge in [0.15, 0.2) is 0 Å². The fraction of sp³-hybridized carbons (Fsp3) is 0.400. The van der Waals surface area contributed by atoms with E-state index in [0.717, 1.165) is 18.7 Å². The molecule has 4 rings (SSSR count). The van der Waals surface area contributed by atoms with Crippen LogP contribution in [0.4, 0.5) is 5.69 Å². The van der Waals surface area contributed by atoms with E-state index in [1.165, 1.54) is 47.8 Å². The zero-order valence-corrected chi connectivity index (χ0v) is 14.2. The molecule has 4 heteroatoms. The number of rotatable bonds is 5.